The van der Waals surface area contributed by atoms with E-state index in [1.165, 1.54) is 270 Å². The van der Waals surface area contributed by atoms with Gasteiger partial charge in [-0.25, -0.2) is 9.13 Å². The topological polar surface area (TPSA) is 237 Å². The summed E-state index contributed by atoms with van der Waals surface area (Å²) in [6.07, 6.45) is 69.8. The van der Waals surface area contributed by atoms with E-state index in [1.807, 2.05) is 0 Å². The third-order valence-corrected chi connectivity index (χ3v) is 22.1. The quantitative estimate of drug-likeness (QED) is 0.0222. The standard InChI is InChI=1S/C86H168O17P2/c1-7-9-11-13-15-17-19-21-23-25-27-29-30-32-34-36-38-42-46-50-58-64-70-85(90)102-81(74-96-83(88)68-62-56-49-45-41-37-35-33-31-28-26-24-22-20-18-16-14-12-10-8-2)76-100-104(92,93)98-72-80(87)73-99-105(94,95)101-77-82(75-97-84(89)69-63-57-53-52-55-61-67-79(5)6)103-86(91)71-65-59-51-47-43-39-40-44-48-54-60-66-78(3)4/h78-82,87H,7-77H2,1-6H3,(H,92,93)(H,94,95)/t80-,81-,82-/m1/s1. The molecule has 0 saturated carbocycles. The van der Waals surface area contributed by atoms with Gasteiger partial charge in [0.2, 0.25) is 0 Å². The van der Waals surface area contributed by atoms with E-state index in [9.17, 15) is 43.2 Å². The highest BCUT2D eigenvalue weighted by Gasteiger charge is 2.30. The van der Waals surface area contributed by atoms with Crippen molar-refractivity contribution in [3.05, 3.63) is 0 Å². The number of hydrogen-bond acceptors (Lipinski definition) is 15. The number of ether oxygens (including phenoxy) is 4. The van der Waals surface area contributed by atoms with Gasteiger partial charge in [-0.05, 0) is 37.5 Å². The van der Waals surface area contributed by atoms with Gasteiger partial charge in [0.1, 0.15) is 19.3 Å². The Morgan fingerprint density at radius 2 is 0.438 bits per heavy atom. The summed E-state index contributed by atoms with van der Waals surface area (Å²) in [7, 11) is -9.93. The van der Waals surface area contributed by atoms with Crippen LogP contribution in [0, 0.1) is 11.8 Å². The first-order chi connectivity index (χ1) is 50.9. The van der Waals surface area contributed by atoms with E-state index in [0.717, 1.165) is 102 Å². The molecule has 17 nitrogen and oxygen atoms in total. The third-order valence-electron chi connectivity index (χ3n) is 20.2. The Bertz CT molecular complexity index is 2010. The summed E-state index contributed by atoms with van der Waals surface area (Å²) in [5.74, 6) is -0.663. The maximum absolute atomic E-state index is 13.1. The van der Waals surface area contributed by atoms with E-state index in [2.05, 4.69) is 41.5 Å². The molecule has 3 N–H and O–H groups in total. The zero-order valence-corrected chi connectivity index (χ0v) is 70.8. The molecule has 0 radical (unpaired) electrons. The lowest BCUT2D eigenvalue weighted by Crippen LogP contribution is -2.30. The largest absolute Gasteiger partial charge is 0.472 e. The van der Waals surface area contributed by atoms with Crippen LogP contribution in [0.3, 0.4) is 0 Å². The maximum atomic E-state index is 13.1. The second-order valence-electron chi connectivity index (χ2n) is 31.9. The van der Waals surface area contributed by atoms with Gasteiger partial charge in [-0.3, -0.25) is 37.3 Å². The molecule has 0 aliphatic rings. The van der Waals surface area contributed by atoms with Crippen molar-refractivity contribution < 1.29 is 80.2 Å². The van der Waals surface area contributed by atoms with Crippen molar-refractivity contribution in [2.24, 2.45) is 11.8 Å². The van der Waals surface area contributed by atoms with Crippen molar-refractivity contribution in [1.82, 2.24) is 0 Å². The number of aliphatic hydroxyl groups excluding tert-OH is 1. The lowest BCUT2D eigenvalue weighted by Gasteiger charge is -2.21. The van der Waals surface area contributed by atoms with Crippen molar-refractivity contribution in [1.29, 1.82) is 0 Å². The molecule has 0 rings (SSSR count). The Hall–Kier alpha value is -1.94. The second-order valence-corrected chi connectivity index (χ2v) is 34.8. The SMILES string of the molecule is CCCCCCCCCCCCCCCCCCCCCCCCC(=O)O[C@H](COC(=O)CCCCCCCCCCCCCCCCCCCCCC)COP(=O)(O)OC[C@@H](O)COP(=O)(O)OC[C@@H](COC(=O)CCCCCCCCC(C)C)OC(=O)CCCCCCCCCCCCCC(C)C. The van der Waals surface area contributed by atoms with E-state index in [1.54, 1.807) is 0 Å². The van der Waals surface area contributed by atoms with Gasteiger partial charge in [-0.2, -0.15) is 0 Å². The number of unbranched alkanes of at least 4 members (excludes halogenated alkanes) is 55. The fourth-order valence-corrected chi connectivity index (χ4v) is 15.0. The number of rotatable bonds is 85. The van der Waals surface area contributed by atoms with Crippen LogP contribution in [0.4, 0.5) is 0 Å². The molecular formula is C86H168O17P2. The highest BCUT2D eigenvalue weighted by atomic mass is 31.2. The zero-order chi connectivity index (χ0) is 77.1. The van der Waals surface area contributed by atoms with Gasteiger partial charge >= 0.3 is 39.5 Å². The molecule has 0 heterocycles. The minimum absolute atomic E-state index is 0.106. The van der Waals surface area contributed by atoms with Crippen LogP contribution in [0.15, 0.2) is 0 Å². The Labute approximate surface area is 645 Å². The van der Waals surface area contributed by atoms with Gasteiger partial charge in [0.25, 0.3) is 0 Å². The van der Waals surface area contributed by atoms with Crippen molar-refractivity contribution in [3.8, 4) is 0 Å². The molecule has 0 aliphatic heterocycles. The average molecular weight is 1540 g/mol. The molecule has 0 amide bonds. The summed E-state index contributed by atoms with van der Waals surface area (Å²) in [6.45, 7) is 9.57. The number of hydrogen-bond donors (Lipinski definition) is 3. The van der Waals surface area contributed by atoms with Crippen molar-refractivity contribution in [3.63, 3.8) is 0 Å². The number of aliphatic hydroxyl groups is 1. The second kappa shape index (κ2) is 77.4. The van der Waals surface area contributed by atoms with Crippen LogP contribution in [0.25, 0.3) is 0 Å². The fraction of sp³-hybridized carbons (Fsp3) is 0.953. The smallest absolute Gasteiger partial charge is 0.462 e. The molecule has 2 unspecified atom stereocenters. The van der Waals surface area contributed by atoms with Gasteiger partial charge in [-0.15, -0.1) is 0 Å². The number of carbonyl (C=O) groups is 4. The van der Waals surface area contributed by atoms with E-state index in [4.69, 9.17) is 37.0 Å². The van der Waals surface area contributed by atoms with E-state index in [-0.39, 0.29) is 25.7 Å². The molecule has 0 saturated heterocycles. The predicted molar refractivity (Wildman–Crippen MR) is 432 cm³/mol. The summed E-state index contributed by atoms with van der Waals surface area (Å²) in [4.78, 5) is 73.1. The molecule has 0 bridgehead atoms. The minimum atomic E-state index is -4.97. The van der Waals surface area contributed by atoms with Crippen LogP contribution in [0.5, 0.6) is 0 Å². The Morgan fingerprint density at radius 1 is 0.257 bits per heavy atom. The number of phosphoric acid groups is 2. The highest BCUT2D eigenvalue weighted by Crippen LogP contribution is 2.45. The molecule has 624 valence electrons. The van der Waals surface area contributed by atoms with E-state index >= 15 is 0 Å². The zero-order valence-electron chi connectivity index (χ0n) is 69.0. The Morgan fingerprint density at radius 3 is 0.648 bits per heavy atom. The fourth-order valence-electron chi connectivity index (χ4n) is 13.4. The molecule has 0 aromatic heterocycles. The average Bonchev–Trinajstić information content (AvgIpc) is 0.910. The molecule has 0 aromatic carbocycles. The summed E-state index contributed by atoms with van der Waals surface area (Å²) < 4.78 is 68.8. The van der Waals surface area contributed by atoms with E-state index in [0.29, 0.717) is 31.6 Å². The van der Waals surface area contributed by atoms with Gasteiger partial charge in [0, 0.05) is 25.7 Å². The lowest BCUT2D eigenvalue weighted by molar-refractivity contribution is -0.161. The van der Waals surface area contributed by atoms with Crippen LogP contribution in [-0.4, -0.2) is 96.7 Å². The van der Waals surface area contributed by atoms with Gasteiger partial charge in [0.05, 0.1) is 26.4 Å². The van der Waals surface area contributed by atoms with Crippen molar-refractivity contribution in [2.45, 2.75) is 477 Å². The molecule has 105 heavy (non-hydrogen) atoms. The number of esters is 4. The molecule has 0 aliphatic carbocycles. The Balaban J connectivity index is 5.19. The molecule has 0 spiro atoms. The first-order valence-electron chi connectivity index (χ1n) is 44.5. The molecule has 0 aromatic rings. The minimum Gasteiger partial charge on any atom is -0.462 e. The molecule has 5 atom stereocenters. The molecule has 0 fully saturated rings. The van der Waals surface area contributed by atoms with Crippen molar-refractivity contribution in [2.75, 3.05) is 39.6 Å². The summed E-state index contributed by atoms with van der Waals surface area (Å²) in [6, 6.07) is 0. The maximum Gasteiger partial charge on any atom is 0.472 e. The van der Waals surface area contributed by atoms with Gasteiger partial charge < -0.3 is 33.8 Å². The molecular weight excluding hydrogens is 1370 g/mol. The number of carbonyl (C=O) groups excluding carboxylic acids is 4. The first kappa shape index (κ1) is 103. The van der Waals surface area contributed by atoms with Crippen LogP contribution >= 0.6 is 15.6 Å². The summed E-state index contributed by atoms with van der Waals surface area (Å²) >= 11 is 0. The summed E-state index contributed by atoms with van der Waals surface area (Å²) in [5, 5.41) is 10.7. The van der Waals surface area contributed by atoms with E-state index < -0.39 is 97.5 Å². The predicted octanol–water partition coefficient (Wildman–Crippen LogP) is 26.2. The lowest BCUT2D eigenvalue weighted by atomic mass is 10.0. The molecule has 19 heteroatoms. The van der Waals surface area contributed by atoms with Crippen LogP contribution in [-0.2, 0) is 65.4 Å². The third kappa shape index (κ3) is 79.9. The van der Waals surface area contributed by atoms with Crippen molar-refractivity contribution >= 4 is 39.5 Å². The highest BCUT2D eigenvalue weighted by molar-refractivity contribution is 7.47. The van der Waals surface area contributed by atoms with Gasteiger partial charge in [-0.1, -0.05) is 408 Å². The monoisotopic (exact) mass is 1540 g/mol. The van der Waals surface area contributed by atoms with Crippen LogP contribution in [0.1, 0.15) is 459 Å². The van der Waals surface area contributed by atoms with Gasteiger partial charge in [0.15, 0.2) is 12.2 Å². The van der Waals surface area contributed by atoms with Crippen LogP contribution < -0.4 is 0 Å². The Kier molecular flexibility index (Phi) is 76.0. The summed E-state index contributed by atoms with van der Waals surface area (Å²) in [5.41, 5.74) is 0. The first-order valence-corrected chi connectivity index (χ1v) is 47.5. The number of phosphoric ester groups is 2. The normalized spacial score (nSPS) is 13.8. The van der Waals surface area contributed by atoms with Crippen LogP contribution in [0.2, 0.25) is 0 Å².